The lowest BCUT2D eigenvalue weighted by Gasteiger charge is -2.12. The van der Waals surface area contributed by atoms with Gasteiger partial charge in [-0.15, -0.1) is 10.2 Å². The zero-order valence-electron chi connectivity index (χ0n) is 15.3. The molecule has 1 N–H and O–H groups in total. The number of nitrogens with one attached hydrogen (secondary N) is 1. The van der Waals surface area contributed by atoms with Crippen LogP contribution in [0.25, 0.3) is 11.4 Å². The van der Waals surface area contributed by atoms with Gasteiger partial charge >= 0.3 is 0 Å². The lowest BCUT2D eigenvalue weighted by Crippen LogP contribution is -2.23. The summed E-state index contributed by atoms with van der Waals surface area (Å²) >= 11 is 13.2. The molecule has 2 aromatic carbocycles. The van der Waals surface area contributed by atoms with E-state index in [1.165, 1.54) is 30.0 Å². The SMILES string of the molecule is CC(Sc1nnc(-c2ccc(Cl)cc2)n1C)C(=O)Nc1ccc([N+](=O)[O-])cc1Cl. The van der Waals surface area contributed by atoms with Gasteiger partial charge in [0.05, 0.1) is 20.9 Å². The number of rotatable bonds is 6. The highest BCUT2D eigenvalue weighted by molar-refractivity contribution is 8.00. The minimum absolute atomic E-state index is 0.0911. The molecule has 0 saturated heterocycles. The topological polar surface area (TPSA) is 103 Å². The Morgan fingerprint density at radius 3 is 2.52 bits per heavy atom. The Morgan fingerprint density at radius 2 is 1.90 bits per heavy atom. The van der Waals surface area contributed by atoms with Crippen molar-refractivity contribution in [1.29, 1.82) is 0 Å². The van der Waals surface area contributed by atoms with E-state index in [9.17, 15) is 14.9 Å². The highest BCUT2D eigenvalue weighted by atomic mass is 35.5. The lowest BCUT2D eigenvalue weighted by molar-refractivity contribution is -0.384. The van der Waals surface area contributed by atoms with Crippen LogP contribution in [0.2, 0.25) is 10.0 Å². The number of nitro groups is 1. The van der Waals surface area contributed by atoms with Crippen molar-refractivity contribution in [3.05, 3.63) is 62.6 Å². The number of nitrogens with zero attached hydrogens (tertiary/aromatic N) is 4. The summed E-state index contributed by atoms with van der Waals surface area (Å²) in [6.45, 7) is 1.72. The van der Waals surface area contributed by atoms with E-state index in [1.807, 2.05) is 19.2 Å². The molecule has 1 heterocycles. The van der Waals surface area contributed by atoms with Gasteiger partial charge in [0.1, 0.15) is 0 Å². The van der Waals surface area contributed by atoms with Crippen molar-refractivity contribution in [2.45, 2.75) is 17.3 Å². The van der Waals surface area contributed by atoms with Gasteiger partial charge in [0.25, 0.3) is 5.69 Å². The lowest BCUT2D eigenvalue weighted by atomic mass is 10.2. The Kier molecular flexibility index (Phi) is 6.41. The first-order valence-corrected chi connectivity index (χ1v) is 9.96. The first kappa shape index (κ1) is 21.1. The zero-order chi connectivity index (χ0) is 21.1. The van der Waals surface area contributed by atoms with Crippen molar-refractivity contribution in [1.82, 2.24) is 14.8 Å². The summed E-state index contributed by atoms with van der Waals surface area (Å²) in [7, 11) is 1.81. The van der Waals surface area contributed by atoms with E-state index in [4.69, 9.17) is 23.2 Å². The quantitative estimate of drug-likeness (QED) is 0.327. The standard InChI is InChI=1S/C18H15Cl2N5O3S/c1-10(17(26)21-15-8-7-13(25(27)28)9-14(15)20)29-18-23-22-16(24(18)2)11-3-5-12(19)6-4-11/h3-10H,1-2H3,(H,21,26). The molecule has 0 bridgehead atoms. The number of nitro benzene ring substituents is 1. The number of hydrogen-bond acceptors (Lipinski definition) is 6. The molecule has 1 unspecified atom stereocenters. The van der Waals surface area contributed by atoms with Crippen LogP contribution in [0.3, 0.4) is 0 Å². The summed E-state index contributed by atoms with van der Waals surface area (Å²) in [5.74, 6) is 0.331. The fourth-order valence-corrected chi connectivity index (χ4v) is 3.60. The number of carbonyl (C=O) groups is 1. The number of aromatic nitrogens is 3. The molecule has 0 spiro atoms. The minimum atomic E-state index is -0.553. The molecule has 0 aliphatic carbocycles. The molecule has 3 aromatic rings. The second kappa shape index (κ2) is 8.81. The monoisotopic (exact) mass is 451 g/mol. The Balaban J connectivity index is 1.70. The molecule has 0 aliphatic rings. The van der Waals surface area contributed by atoms with Crippen LogP contribution < -0.4 is 5.32 Å². The van der Waals surface area contributed by atoms with Gasteiger partial charge in [-0.1, -0.05) is 35.0 Å². The highest BCUT2D eigenvalue weighted by Gasteiger charge is 2.21. The van der Waals surface area contributed by atoms with Crippen LogP contribution >= 0.6 is 35.0 Å². The Morgan fingerprint density at radius 1 is 1.21 bits per heavy atom. The third-order valence-corrected chi connectivity index (χ3v) is 5.71. The first-order valence-electron chi connectivity index (χ1n) is 8.33. The largest absolute Gasteiger partial charge is 0.324 e. The van der Waals surface area contributed by atoms with Crippen LogP contribution in [0.15, 0.2) is 47.6 Å². The summed E-state index contributed by atoms with van der Waals surface area (Å²) in [5.41, 5.74) is 1.00. The minimum Gasteiger partial charge on any atom is -0.324 e. The smallest absolute Gasteiger partial charge is 0.271 e. The van der Waals surface area contributed by atoms with Crippen molar-refractivity contribution in [2.24, 2.45) is 7.05 Å². The normalized spacial score (nSPS) is 11.9. The number of non-ortho nitro benzene ring substituents is 1. The van der Waals surface area contributed by atoms with E-state index >= 15 is 0 Å². The highest BCUT2D eigenvalue weighted by Crippen LogP contribution is 2.29. The summed E-state index contributed by atoms with van der Waals surface area (Å²) in [4.78, 5) is 22.7. The number of thioether (sulfide) groups is 1. The fraction of sp³-hybridized carbons (Fsp3) is 0.167. The van der Waals surface area contributed by atoms with Gasteiger partial charge < -0.3 is 9.88 Å². The molecule has 0 saturated carbocycles. The van der Waals surface area contributed by atoms with Gasteiger partial charge in [0.15, 0.2) is 11.0 Å². The van der Waals surface area contributed by atoms with Crippen LogP contribution in [0.4, 0.5) is 11.4 Å². The maximum atomic E-state index is 12.5. The van der Waals surface area contributed by atoms with Gasteiger partial charge in [-0.05, 0) is 37.3 Å². The van der Waals surface area contributed by atoms with E-state index in [-0.39, 0.29) is 16.6 Å². The van der Waals surface area contributed by atoms with Crippen molar-refractivity contribution in [2.75, 3.05) is 5.32 Å². The van der Waals surface area contributed by atoms with Crippen molar-refractivity contribution < 1.29 is 9.72 Å². The van der Waals surface area contributed by atoms with Crippen LogP contribution in [0.5, 0.6) is 0 Å². The van der Waals surface area contributed by atoms with Gasteiger partial charge in [-0.3, -0.25) is 14.9 Å². The van der Waals surface area contributed by atoms with E-state index in [1.54, 1.807) is 23.6 Å². The molecule has 11 heteroatoms. The molecule has 29 heavy (non-hydrogen) atoms. The Bertz CT molecular complexity index is 1070. The summed E-state index contributed by atoms with van der Waals surface area (Å²) in [6, 6.07) is 11.1. The molecule has 0 fully saturated rings. The van der Waals surface area contributed by atoms with Crippen LogP contribution in [-0.4, -0.2) is 30.8 Å². The van der Waals surface area contributed by atoms with Crippen LogP contribution in [0.1, 0.15) is 6.92 Å². The third kappa shape index (κ3) is 4.87. The van der Waals surface area contributed by atoms with Crippen molar-refractivity contribution in [3.8, 4) is 11.4 Å². The second-order valence-corrected chi connectivity index (χ2v) is 8.19. The van der Waals surface area contributed by atoms with Crippen molar-refractivity contribution in [3.63, 3.8) is 0 Å². The summed E-state index contributed by atoms with van der Waals surface area (Å²) in [5, 5.41) is 22.6. The predicted molar refractivity (Wildman–Crippen MR) is 114 cm³/mol. The molecule has 1 atom stereocenters. The van der Waals surface area contributed by atoms with Gasteiger partial charge in [-0.25, -0.2) is 0 Å². The molecule has 8 nitrogen and oxygen atoms in total. The van der Waals surface area contributed by atoms with E-state index in [0.29, 0.717) is 21.7 Å². The first-order chi connectivity index (χ1) is 13.8. The van der Waals surface area contributed by atoms with Crippen LogP contribution in [0, 0.1) is 10.1 Å². The van der Waals surface area contributed by atoms with Gasteiger partial charge in [0.2, 0.25) is 5.91 Å². The number of anilines is 1. The molecular formula is C18H15Cl2N5O3S. The average Bonchev–Trinajstić information content (AvgIpc) is 3.04. The number of halogens is 2. The molecule has 1 aromatic heterocycles. The number of hydrogen-bond donors (Lipinski definition) is 1. The molecule has 3 rings (SSSR count). The summed E-state index contributed by atoms with van der Waals surface area (Å²) < 4.78 is 1.79. The third-order valence-electron chi connectivity index (χ3n) is 4.01. The number of carbonyl (C=O) groups excluding carboxylic acids is 1. The van der Waals surface area contributed by atoms with Gasteiger partial charge in [-0.2, -0.15) is 0 Å². The molecular weight excluding hydrogens is 437 g/mol. The van der Waals surface area contributed by atoms with Crippen LogP contribution in [-0.2, 0) is 11.8 Å². The second-order valence-electron chi connectivity index (χ2n) is 6.04. The average molecular weight is 452 g/mol. The Labute approximate surface area is 180 Å². The van der Waals surface area contributed by atoms with E-state index in [2.05, 4.69) is 15.5 Å². The summed E-state index contributed by atoms with van der Waals surface area (Å²) in [6.07, 6.45) is 0. The molecule has 0 aliphatic heterocycles. The number of amides is 1. The predicted octanol–water partition coefficient (Wildman–Crippen LogP) is 4.82. The maximum Gasteiger partial charge on any atom is 0.271 e. The Hall–Kier alpha value is -2.62. The molecule has 0 radical (unpaired) electrons. The van der Waals surface area contributed by atoms with Gasteiger partial charge in [0, 0.05) is 29.8 Å². The van der Waals surface area contributed by atoms with Crippen molar-refractivity contribution >= 4 is 52.2 Å². The van der Waals surface area contributed by atoms with E-state index < -0.39 is 10.2 Å². The number of benzene rings is 2. The zero-order valence-corrected chi connectivity index (χ0v) is 17.6. The molecule has 150 valence electrons. The van der Waals surface area contributed by atoms with E-state index in [0.717, 1.165) is 5.56 Å². The fourth-order valence-electron chi connectivity index (χ4n) is 2.43. The maximum absolute atomic E-state index is 12.5. The molecule has 1 amide bonds.